The van der Waals surface area contributed by atoms with Gasteiger partial charge in [-0.2, -0.15) is 0 Å². The summed E-state index contributed by atoms with van der Waals surface area (Å²) >= 11 is 0. The Hall–Kier alpha value is -0.190. The van der Waals surface area contributed by atoms with Crippen LogP contribution in [0.1, 0.15) is 20.3 Å². The Morgan fingerprint density at radius 2 is 1.89 bits per heavy atom. The van der Waals surface area contributed by atoms with Crippen LogP contribution in [-0.4, -0.2) is 50.2 Å². The maximum absolute atomic E-state index is 12.8. The van der Waals surface area contributed by atoms with Gasteiger partial charge in [-0.15, -0.1) is 6.58 Å². The van der Waals surface area contributed by atoms with Gasteiger partial charge < -0.3 is 13.8 Å². The number of nitrogens with zero attached hydrogens (tertiary/aromatic N) is 1. The van der Waals surface area contributed by atoms with Crippen molar-refractivity contribution in [2.24, 2.45) is 0 Å². The molecule has 106 valence electrons. The molecule has 0 aliphatic carbocycles. The fraction of sp³-hybridized carbons (Fsp3) is 0.833. The summed E-state index contributed by atoms with van der Waals surface area (Å²) in [5, 5.41) is 0. The van der Waals surface area contributed by atoms with Crippen LogP contribution in [0, 0.1) is 0 Å². The lowest BCUT2D eigenvalue weighted by Crippen LogP contribution is -2.43. The highest BCUT2D eigenvalue weighted by Gasteiger charge is 2.39. The molecule has 0 aromatic rings. The van der Waals surface area contributed by atoms with Crippen molar-refractivity contribution >= 4 is 7.60 Å². The number of hydrogen-bond donors (Lipinski definition) is 0. The number of hydrogen-bond acceptors (Lipinski definition) is 5. The molecule has 1 saturated heterocycles. The molecule has 0 radical (unpaired) electrons. The van der Waals surface area contributed by atoms with Gasteiger partial charge in [0.2, 0.25) is 0 Å². The maximum Gasteiger partial charge on any atom is 0.347 e. The Labute approximate surface area is 110 Å². The van der Waals surface area contributed by atoms with Crippen molar-refractivity contribution in [3.63, 3.8) is 0 Å². The third-order valence-electron chi connectivity index (χ3n) is 2.83. The topological polar surface area (TPSA) is 48.0 Å². The van der Waals surface area contributed by atoms with E-state index in [0.717, 1.165) is 13.1 Å². The molecule has 6 heteroatoms. The van der Waals surface area contributed by atoms with Crippen molar-refractivity contribution in [1.82, 2.24) is 4.90 Å². The molecule has 1 aliphatic heterocycles. The molecular formula is C12H24NO4P. The number of rotatable bonds is 8. The van der Waals surface area contributed by atoms with Crippen LogP contribution in [0.15, 0.2) is 12.7 Å². The summed E-state index contributed by atoms with van der Waals surface area (Å²) in [5.41, 5.74) is 0. The van der Waals surface area contributed by atoms with Crippen molar-refractivity contribution in [2.75, 3.05) is 39.5 Å². The summed E-state index contributed by atoms with van der Waals surface area (Å²) in [4.78, 5) is 2.12. The predicted molar refractivity (Wildman–Crippen MR) is 71.9 cm³/mol. The van der Waals surface area contributed by atoms with E-state index in [1.807, 2.05) is 13.8 Å². The van der Waals surface area contributed by atoms with Crippen LogP contribution in [-0.2, 0) is 18.3 Å². The van der Waals surface area contributed by atoms with Gasteiger partial charge in [0.15, 0.2) is 0 Å². The van der Waals surface area contributed by atoms with Gasteiger partial charge in [0, 0.05) is 13.1 Å². The fourth-order valence-electron chi connectivity index (χ4n) is 2.07. The van der Waals surface area contributed by atoms with Crippen LogP contribution in [0.25, 0.3) is 0 Å². The van der Waals surface area contributed by atoms with Gasteiger partial charge in [0.25, 0.3) is 0 Å². The standard InChI is InChI=1S/C12H24NO4P/c1-4-7-12(13-8-10-15-11-9-13)18(14,16-5-2)17-6-3/h4,12H,1,5-11H2,2-3H3/t12-/m1/s1. The largest absolute Gasteiger partial charge is 0.379 e. The van der Waals surface area contributed by atoms with Gasteiger partial charge >= 0.3 is 7.60 Å². The monoisotopic (exact) mass is 277 g/mol. The lowest BCUT2D eigenvalue weighted by Gasteiger charge is -2.37. The van der Waals surface area contributed by atoms with Crippen LogP contribution in [0.5, 0.6) is 0 Å². The highest BCUT2D eigenvalue weighted by Crippen LogP contribution is 2.55. The molecule has 1 atom stereocenters. The molecule has 1 rings (SSSR count). The summed E-state index contributed by atoms with van der Waals surface area (Å²) in [7, 11) is -3.12. The van der Waals surface area contributed by atoms with Crippen LogP contribution in [0.2, 0.25) is 0 Å². The van der Waals surface area contributed by atoms with Gasteiger partial charge in [-0.25, -0.2) is 0 Å². The van der Waals surface area contributed by atoms with E-state index < -0.39 is 7.60 Å². The summed E-state index contributed by atoms with van der Waals surface area (Å²) < 4.78 is 29.0. The summed E-state index contributed by atoms with van der Waals surface area (Å²) in [6.07, 6.45) is 2.36. The molecular weight excluding hydrogens is 253 g/mol. The van der Waals surface area contributed by atoms with E-state index >= 15 is 0 Å². The number of ether oxygens (including phenoxy) is 1. The van der Waals surface area contributed by atoms with Crippen LogP contribution >= 0.6 is 7.60 Å². The molecule has 1 aliphatic rings. The van der Waals surface area contributed by atoms with Crippen molar-refractivity contribution < 1.29 is 18.3 Å². The van der Waals surface area contributed by atoms with Gasteiger partial charge in [0.1, 0.15) is 5.78 Å². The van der Waals surface area contributed by atoms with Gasteiger partial charge in [0.05, 0.1) is 26.4 Å². The SMILES string of the molecule is C=CC[C@H](N1CCOCC1)P(=O)(OCC)OCC. The maximum atomic E-state index is 12.8. The van der Waals surface area contributed by atoms with E-state index in [9.17, 15) is 4.57 Å². The van der Waals surface area contributed by atoms with Crippen molar-refractivity contribution in [2.45, 2.75) is 26.1 Å². The van der Waals surface area contributed by atoms with E-state index in [-0.39, 0.29) is 5.78 Å². The smallest absolute Gasteiger partial charge is 0.347 e. The van der Waals surface area contributed by atoms with Crippen LogP contribution in [0.3, 0.4) is 0 Å². The Morgan fingerprint density at radius 3 is 2.33 bits per heavy atom. The number of morpholine rings is 1. The van der Waals surface area contributed by atoms with Gasteiger partial charge in [-0.05, 0) is 20.3 Å². The molecule has 0 spiro atoms. The average molecular weight is 277 g/mol. The molecule has 0 aromatic heterocycles. The molecule has 1 fully saturated rings. The zero-order chi connectivity index (χ0) is 13.4. The van der Waals surface area contributed by atoms with Gasteiger partial charge in [-0.1, -0.05) is 6.08 Å². The van der Waals surface area contributed by atoms with E-state index in [0.29, 0.717) is 32.8 Å². The average Bonchev–Trinajstić information content (AvgIpc) is 2.37. The Bertz CT molecular complexity index is 282. The fourth-order valence-corrected chi connectivity index (χ4v) is 4.25. The zero-order valence-electron chi connectivity index (χ0n) is 11.3. The molecule has 0 saturated carbocycles. The molecule has 18 heavy (non-hydrogen) atoms. The normalized spacial score (nSPS) is 19.7. The van der Waals surface area contributed by atoms with Crippen molar-refractivity contribution in [3.05, 3.63) is 12.7 Å². The minimum atomic E-state index is -3.12. The molecule has 0 unspecified atom stereocenters. The minimum absolute atomic E-state index is 0.251. The van der Waals surface area contributed by atoms with Crippen molar-refractivity contribution in [1.29, 1.82) is 0 Å². The Morgan fingerprint density at radius 1 is 1.33 bits per heavy atom. The quantitative estimate of drug-likeness (QED) is 0.504. The molecule has 0 aromatic carbocycles. The molecule has 0 N–H and O–H groups in total. The summed E-state index contributed by atoms with van der Waals surface area (Å²) in [5.74, 6) is -0.251. The first-order valence-electron chi connectivity index (χ1n) is 6.49. The third kappa shape index (κ3) is 4.18. The third-order valence-corrected chi connectivity index (χ3v) is 5.33. The van der Waals surface area contributed by atoms with E-state index in [1.165, 1.54) is 0 Å². The molecule has 5 nitrogen and oxygen atoms in total. The Kier molecular flexibility index (Phi) is 7.12. The first kappa shape index (κ1) is 15.9. The minimum Gasteiger partial charge on any atom is -0.379 e. The van der Waals surface area contributed by atoms with Crippen LogP contribution < -0.4 is 0 Å². The highest BCUT2D eigenvalue weighted by molar-refractivity contribution is 7.54. The Balaban J connectivity index is 2.83. The molecule has 0 bridgehead atoms. The predicted octanol–water partition coefficient (Wildman–Crippen LogP) is 2.49. The lowest BCUT2D eigenvalue weighted by atomic mass is 10.3. The summed E-state index contributed by atoms with van der Waals surface area (Å²) in [6, 6.07) is 0. The zero-order valence-corrected chi connectivity index (χ0v) is 12.2. The van der Waals surface area contributed by atoms with Crippen LogP contribution in [0.4, 0.5) is 0 Å². The second kappa shape index (κ2) is 8.08. The lowest BCUT2D eigenvalue weighted by molar-refractivity contribution is 0.0245. The van der Waals surface area contributed by atoms with E-state index in [2.05, 4.69) is 11.5 Å². The molecule has 0 amide bonds. The first-order valence-corrected chi connectivity index (χ1v) is 8.10. The van der Waals surface area contributed by atoms with E-state index in [4.69, 9.17) is 13.8 Å². The van der Waals surface area contributed by atoms with E-state index in [1.54, 1.807) is 6.08 Å². The van der Waals surface area contributed by atoms with Crippen molar-refractivity contribution in [3.8, 4) is 0 Å². The summed E-state index contributed by atoms with van der Waals surface area (Å²) in [6.45, 7) is 11.0. The first-order chi connectivity index (χ1) is 8.68. The second-order valence-electron chi connectivity index (χ2n) is 4.03. The second-order valence-corrected chi connectivity index (χ2v) is 6.22. The van der Waals surface area contributed by atoms with Gasteiger partial charge in [-0.3, -0.25) is 9.46 Å². The highest BCUT2D eigenvalue weighted by atomic mass is 31.2. The molecule has 1 heterocycles.